The molecule has 0 amide bonds. The first kappa shape index (κ1) is 7.80. The average molecular weight is 182 g/mol. The van der Waals surface area contributed by atoms with E-state index in [9.17, 15) is 4.79 Å². The van der Waals surface area contributed by atoms with Crippen LogP contribution < -0.4 is 0 Å². The van der Waals surface area contributed by atoms with E-state index < -0.39 is 0 Å². The summed E-state index contributed by atoms with van der Waals surface area (Å²) in [6.45, 7) is 0. The first-order valence-corrected chi connectivity index (χ1v) is 4.87. The quantitative estimate of drug-likeness (QED) is 0.654. The molecule has 2 atom stereocenters. The van der Waals surface area contributed by atoms with Gasteiger partial charge in [0.1, 0.15) is 0 Å². The monoisotopic (exact) mass is 182 g/mol. The molecule has 2 nitrogen and oxygen atoms in total. The van der Waals surface area contributed by atoms with Crippen LogP contribution in [0.3, 0.4) is 0 Å². The molecule has 0 N–H and O–H groups in total. The molecule has 64 valence electrons. The summed E-state index contributed by atoms with van der Waals surface area (Å²) >= 11 is 1.68. The second-order valence-corrected chi connectivity index (χ2v) is 3.81. The summed E-state index contributed by atoms with van der Waals surface area (Å²) in [6, 6.07) is 2.08. The highest BCUT2D eigenvalue weighted by atomic mass is 32.1. The minimum absolute atomic E-state index is 0.0637. The molecule has 3 heteroatoms. The van der Waals surface area contributed by atoms with Crippen LogP contribution in [0, 0.1) is 5.92 Å². The molecular formula is C9H10O2S. The average Bonchev–Trinajstić information content (AvgIpc) is 2.71. The van der Waals surface area contributed by atoms with E-state index in [1.54, 1.807) is 11.3 Å². The summed E-state index contributed by atoms with van der Waals surface area (Å²) in [5, 5.41) is 4.15. The van der Waals surface area contributed by atoms with Gasteiger partial charge in [-0.05, 0) is 34.7 Å². The fraction of sp³-hybridized carbons (Fsp3) is 0.444. The van der Waals surface area contributed by atoms with E-state index in [0.29, 0.717) is 5.92 Å². The SMILES string of the molecule is COC(=O)[C@H]1C[C@@H]1c1ccsc1. The minimum atomic E-state index is -0.0637. The predicted octanol–water partition coefficient (Wildman–Crippen LogP) is 2.02. The van der Waals surface area contributed by atoms with Gasteiger partial charge in [0.05, 0.1) is 13.0 Å². The van der Waals surface area contributed by atoms with Gasteiger partial charge >= 0.3 is 5.97 Å². The van der Waals surface area contributed by atoms with Gasteiger partial charge in [0.25, 0.3) is 0 Å². The molecular weight excluding hydrogens is 172 g/mol. The van der Waals surface area contributed by atoms with Crippen molar-refractivity contribution in [3.05, 3.63) is 22.4 Å². The van der Waals surface area contributed by atoms with Crippen molar-refractivity contribution in [3.8, 4) is 0 Å². The van der Waals surface area contributed by atoms with Crippen molar-refractivity contribution in [2.24, 2.45) is 5.92 Å². The lowest BCUT2D eigenvalue weighted by molar-refractivity contribution is -0.142. The highest BCUT2D eigenvalue weighted by Gasteiger charge is 2.44. The van der Waals surface area contributed by atoms with Crippen LogP contribution >= 0.6 is 11.3 Å². The Bertz CT molecular complexity index is 279. The summed E-state index contributed by atoms with van der Waals surface area (Å²) < 4.78 is 4.67. The third-order valence-electron chi connectivity index (χ3n) is 2.27. The molecule has 2 rings (SSSR count). The number of ether oxygens (including phenoxy) is 1. The molecule has 1 fully saturated rings. The van der Waals surface area contributed by atoms with Crippen molar-refractivity contribution in [1.29, 1.82) is 0 Å². The Labute approximate surface area is 75.2 Å². The molecule has 1 aromatic rings. The zero-order chi connectivity index (χ0) is 8.55. The Kier molecular flexibility index (Phi) is 1.89. The zero-order valence-corrected chi connectivity index (χ0v) is 7.64. The van der Waals surface area contributed by atoms with Crippen LogP contribution in [-0.4, -0.2) is 13.1 Å². The van der Waals surface area contributed by atoms with Gasteiger partial charge in [-0.25, -0.2) is 0 Å². The molecule has 12 heavy (non-hydrogen) atoms. The van der Waals surface area contributed by atoms with Crippen molar-refractivity contribution in [1.82, 2.24) is 0 Å². The van der Waals surface area contributed by atoms with Crippen LogP contribution in [0.15, 0.2) is 16.8 Å². The molecule has 0 spiro atoms. The molecule has 1 aromatic heterocycles. The second kappa shape index (κ2) is 2.90. The molecule has 1 aliphatic carbocycles. The number of esters is 1. The molecule has 1 saturated carbocycles. The molecule has 1 aliphatic rings. The van der Waals surface area contributed by atoms with E-state index in [2.05, 4.69) is 16.2 Å². The maximum absolute atomic E-state index is 11.1. The van der Waals surface area contributed by atoms with Crippen molar-refractivity contribution in [2.75, 3.05) is 7.11 Å². The number of methoxy groups -OCH3 is 1. The van der Waals surface area contributed by atoms with Crippen molar-refractivity contribution >= 4 is 17.3 Å². The minimum Gasteiger partial charge on any atom is -0.469 e. The van der Waals surface area contributed by atoms with E-state index >= 15 is 0 Å². The maximum Gasteiger partial charge on any atom is 0.309 e. The van der Waals surface area contributed by atoms with Gasteiger partial charge < -0.3 is 4.74 Å². The van der Waals surface area contributed by atoms with Gasteiger partial charge in [-0.1, -0.05) is 0 Å². The van der Waals surface area contributed by atoms with Gasteiger partial charge in [-0.15, -0.1) is 0 Å². The standard InChI is InChI=1S/C9H10O2S/c1-11-9(10)8-4-7(8)6-2-3-12-5-6/h2-3,5,7-8H,4H2,1H3/t7-,8+/m1/s1. The highest BCUT2D eigenvalue weighted by molar-refractivity contribution is 7.08. The molecule has 0 aliphatic heterocycles. The Morgan fingerprint density at radius 1 is 1.75 bits per heavy atom. The number of hydrogen-bond acceptors (Lipinski definition) is 3. The largest absolute Gasteiger partial charge is 0.469 e. The van der Waals surface area contributed by atoms with Gasteiger partial charge in [0.2, 0.25) is 0 Å². The van der Waals surface area contributed by atoms with Crippen LogP contribution in [-0.2, 0) is 9.53 Å². The van der Waals surface area contributed by atoms with Crippen LogP contribution in [0.5, 0.6) is 0 Å². The number of hydrogen-bond donors (Lipinski definition) is 0. The van der Waals surface area contributed by atoms with Crippen LogP contribution in [0.2, 0.25) is 0 Å². The molecule has 0 bridgehead atoms. The van der Waals surface area contributed by atoms with Crippen LogP contribution in [0.4, 0.5) is 0 Å². The van der Waals surface area contributed by atoms with Crippen molar-refractivity contribution in [3.63, 3.8) is 0 Å². The number of carbonyl (C=O) groups excluding carboxylic acids is 1. The Morgan fingerprint density at radius 2 is 2.58 bits per heavy atom. The topological polar surface area (TPSA) is 26.3 Å². The number of rotatable bonds is 2. The van der Waals surface area contributed by atoms with E-state index in [0.717, 1.165) is 6.42 Å². The zero-order valence-electron chi connectivity index (χ0n) is 6.82. The molecule has 0 radical (unpaired) electrons. The van der Waals surface area contributed by atoms with Crippen LogP contribution in [0.25, 0.3) is 0 Å². The van der Waals surface area contributed by atoms with Crippen molar-refractivity contribution < 1.29 is 9.53 Å². The molecule has 0 unspecified atom stereocenters. The van der Waals surface area contributed by atoms with Gasteiger partial charge in [-0.3, -0.25) is 4.79 Å². The fourth-order valence-electron chi connectivity index (χ4n) is 1.46. The smallest absolute Gasteiger partial charge is 0.309 e. The van der Waals surface area contributed by atoms with Gasteiger partial charge in [-0.2, -0.15) is 11.3 Å². The summed E-state index contributed by atoms with van der Waals surface area (Å²) in [6.07, 6.45) is 0.962. The van der Waals surface area contributed by atoms with Gasteiger partial charge in [0, 0.05) is 0 Å². The maximum atomic E-state index is 11.1. The van der Waals surface area contributed by atoms with Crippen LogP contribution in [0.1, 0.15) is 17.9 Å². The lowest BCUT2D eigenvalue weighted by Gasteiger charge is -1.95. The first-order chi connectivity index (χ1) is 5.83. The third kappa shape index (κ3) is 1.25. The molecule has 0 saturated heterocycles. The van der Waals surface area contributed by atoms with E-state index in [4.69, 9.17) is 0 Å². The predicted molar refractivity (Wildman–Crippen MR) is 47.2 cm³/mol. The van der Waals surface area contributed by atoms with Gasteiger partial charge in [0.15, 0.2) is 0 Å². The molecule has 0 aromatic carbocycles. The number of thiophene rings is 1. The van der Waals surface area contributed by atoms with E-state index in [-0.39, 0.29) is 11.9 Å². The van der Waals surface area contributed by atoms with E-state index in [1.165, 1.54) is 12.7 Å². The summed E-state index contributed by atoms with van der Waals surface area (Å²) in [5.41, 5.74) is 1.29. The Morgan fingerprint density at radius 3 is 3.17 bits per heavy atom. The normalized spacial score (nSPS) is 26.8. The highest BCUT2D eigenvalue weighted by Crippen LogP contribution is 2.48. The fourth-order valence-corrected chi connectivity index (χ4v) is 2.19. The lowest BCUT2D eigenvalue weighted by Crippen LogP contribution is -2.03. The van der Waals surface area contributed by atoms with E-state index in [1.807, 2.05) is 5.38 Å². The lowest BCUT2D eigenvalue weighted by atomic mass is 10.2. The Hall–Kier alpha value is -0.830. The van der Waals surface area contributed by atoms with Crippen molar-refractivity contribution in [2.45, 2.75) is 12.3 Å². The summed E-state index contributed by atoms with van der Waals surface area (Å²) in [4.78, 5) is 11.1. The number of carbonyl (C=O) groups is 1. The molecule has 1 heterocycles. The first-order valence-electron chi connectivity index (χ1n) is 3.93. The second-order valence-electron chi connectivity index (χ2n) is 3.03. The summed E-state index contributed by atoms with van der Waals surface area (Å²) in [5.74, 6) is 0.500. The third-order valence-corrected chi connectivity index (χ3v) is 2.97. The Balaban J connectivity index is 2.01. The summed E-state index contributed by atoms with van der Waals surface area (Å²) in [7, 11) is 1.45.